The van der Waals surface area contributed by atoms with Gasteiger partial charge in [-0.15, -0.1) is 0 Å². The molecule has 1 aliphatic rings. The first-order valence-electron chi connectivity index (χ1n) is 9.31. The number of sulfonamides is 1. The zero-order valence-electron chi connectivity index (χ0n) is 16.0. The fraction of sp³-hybridized carbons (Fsp3) is 0.381. The van der Waals surface area contributed by atoms with E-state index in [1.54, 1.807) is 19.1 Å². The maximum absolute atomic E-state index is 12.9. The van der Waals surface area contributed by atoms with Gasteiger partial charge in [0.15, 0.2) is 0 Å². The van der Waals surface area contributed by atoms with Crippen molar-refractivity contribution in [2.75, 3.05) is 18.4 Å². The molecule has 0 spiro atoms. The summed E-state index contributed by atoms with van der Waals surface area (Å²) in [6.45, 7) is 7.07. The molecule has 0 aliphatic carbocycles. The number of nitrogens with one attached hydrogen (secondary N) is 1. The van der Waals surface area contributed by atoms with Crippen LogP contribution >= 0.6 is 0 Å². The minimum Gasteiger partial charge on any atom is -0.322 e. The van der Waals surface area contributed by atoms with Crippen molar-refractivity contribution >= 4 is 21.6 Å². The van der Waals surface area contributed by atoms with Crippen LogP contribution in [0.2, 0.25) is 0 Å². The van der Waals surface area contributed by atoms with Crippen molar-refractivity contribution in [1.29, 1.82) is 0 Å². The number of carbonyl (C=O) groups excluding carboxylic acids is 1. The molecule has 1 aliphatic heterocycles. The summed E-state index contributed by atoms with van der Waals surface area (Å²) in [5.41, 5.74) is 2.88. The average molecular weight is 387 g/mol. The number of hydrogen-bond donors (Lipinski definition) is 1. The van der Waals surface area contributed by atoms with Crippen molar-refractivity contribution in [1.82, 2.24) is 4.31 Å². The number of hydrogen-bond acceptors (Lipinski definition) is 3. The molecule has 5 nitrogen and oxygen atoms in total. The summed E-state index contributed by atoms with van der Waals surface area (Å²) in [5.74, 6) is 0.107. The van der Waals surface area contributed by atoms with Crippen LogP contribution in [0, 0.1) is 6.92 Å². The first-order valence-corrected chi connectivity index (χ1v) is 10.7. The molecule has 2 aromatic carbocycles. The smallest absolute Gasteiger partial charge is 0.255 e. The number of anilines is 1. The first kappa shape index (κ1) is 19.6. The lowest BCUT2D eigenvalue weighted by molar-refractivity contribution is 0.102. The predicted octanol–water partition coefficient (Wildman–Crippen LogP) is 4.16. The molecule has 1 heterocycles. The van der Waals surface area contributed by atoms with Gasteiger partial charge in [0.2, 0.25) is 10.0 Å². The van der Waals surface area contributed by atoms with Crippen LogP contribution in [0.15, 0.2) is 47.4 Å². The van der Waals surface area contributed by atoms with E-state index in [2.05, 4.69) is 19.2 Å². The van der Waals surface area contributed by atoms with Gasteiger partial charge in [0.1, 0.15) is 0 Å². The topological polar surface area (TPSA) is 66.5 Å². The molecule has 3 rings (SSSR count). The molecule has 1 N–H and O–H groups in total. The normalized spacial score (nSPS) is 15.3. The van der Waals surface area contributed by atoms with Crippen LogP contribution in [0.25, 0.3) is 0 Å². The maximum atomic E-state index is 12.9. The van der Waals surface area contributed by atoms with Crippen molar-refractivity contribution < 1.29 is 13.2 Å². The minimum absolute atomic E-state index is 0.215. The summed E-state index contributed by atoms with van der Waals surface area (Å²) in [7, 11) is -3.56. The second-order valence-corrected chi connectivity index (χ2v) is 9.23. The lowest BCUT2D eigenvalue weighted by atomic mass is 10.0. The molecule has 0 aromatic heterocycles. The SMILES string of the molecule is Cc1ccc(C(=O)Nc2ccc(C(C)C)cc2)cc1S(=O)(=O)N1CCCC1. The minimum atomic E-state index is -3.56. The molecule has 0 unspecified atom stereocenters. The van der Waals surface area contributed by atoms with Crippen molar-refractivity contribution in [2.45, 2.75) is 44.4 Å². The summed E-state index contributed by atoms with van der Waals surface area (Å²) in [5, 5.41) is 2.84. The fourth-order valence-electron chi connectivity index (χ4n) is 3.24. The van der Waals surface area contributed by atoms with E-state index in [0.29, 0.717) is 35.8 Å². The molecule has 0 bridgehead atoms. The van der Waals surface area contributed by atoms with E-state index in [0.717, 1.165) is 12.8 Å². The van der Waals surface area contributed by atoms with Gasteiger partial charge < -0.3 is 5.32 Å². The van der Waals surface area contributed by atoms with Gasteiger partial charge in [0.25, 0.3) is 5.91 Å². The predicted molar refractivity (Wildman–Crippen MR) is 108 cm³/mol. The van der Waals surface area contributed by atoms with Gasteiger partial charge >= 0.3 is 0 Å². The summed E-state index contributed by atoms with van der Waals surface area (Å²) in [6, 6.07) is 12.5. The van der Waals surface area contributed by atoms with Crippen molar-refractivity contribution in [3.05, 3.63) is 59.2 Å². The molecule has 27 heavy (non-hydrogen) atoms. The summed E-state index contributed by atoms with van der Waals surface area (Å²) in [4.78, 5) is 12.8. The van der Waals surface area contributed by atoms with Gasteiger partial charge in [0.05, 0.1) is 4.90 Å². The molecule has 0 atom stereocenters. The van der Waals surface area contributed by atoms with E-state index in [1.807, 2.05) is 24.3 Å². The van der Waals surface area contributed by atoms with Crippen LogP contribution in [0.3, 0.4) is 0 Å². The number of aryl methyl sites for hydroxylation is 1. The zero-order valence-corrected chi connectivity index (χ0v) is 16.8. The van der Waals surface area contributed by atoms with E-state index in [4.69, 9.17) is 0 Å². The monoisotopic (exact) mass is 386 g/mol. The van der Waals surface area contributed by atoms with E-state index < -0.39 is 10.0 Å². The number of carbonyl (C=O) groups is 1. The number of amides is 1. The quantitative estimate of drug-likeness (QED) is 0.839. The van der Waals surface area contributed by atoms with Crippen molar-refractivity contribution in [3.63, 3.8) is 0 Å². The van der Waals surface area contributed by atoms with Crippen LogP contribution in [0.5, 0.6) is 0 Å². The largest absolute Gasteiger partial charge is 0.322 e. The van der Waals surface area contributed by atoms with Gasteiger partial charge in [-0.1, -0.05) is 32.0 Å². The third kappa shape index (κ3) is 4.22. The van der Waals surface area contributed by atoms with Gasteiger partial charge in [-0.2, -0.15) is 4.31 Å². The standard InChI is InChI=1S/C21H26N2O3S/c1-15(2)17-8-10-19(11-9-17)22-21(24)18-7-6-16(3)20(14-18)27(25,26)23-12-4-5-13-23/h6-11,14-15H,4-5,12-13H2,1-3H3,(H,22,24). The second-order valence-electron chi connectivity index (χ2n) is 7.32. The Hall–Kier alpha value is -2.18. The fourth-order valence-corrected chi connectivity index (χ4v) is 5.01. The highest BCUT2D eigenvalue weighted by Crippen LogP contribution is 2.25. The lowest BCUT2D eigenvalue weighted by Crippen LogP contribution is -2.28. The molecule has 1 saturated heterocycles. The molecule has 6 heteroatoms. The molecule has 1 fully saturated rings. The Bertz CT molecular complexity index is 928. The number of nitrogens with zero attached hydrogens (tertiary/aromatic N) is 1. The van der Waals surface area contributed by atoms with Crippen LogP contribution in [-0.4, -0.2) is 31.7 Å². The Morgan fingerprint density at radius 1 is 1.04 bits per heavy atom. The Morgan fingerprint density at radius 3 is 2.26 bits per heavy atom. The van der Waals surface area contributed by atoms with Gasteiger partial charge in [0, 0.05) is 24.3 Å². The molecule has 1 amide bonds. The molecular formula is C21H26N2O3S. The van der Waals surface area contributed by atoms with Gasteiger partial charge in [-0.25, -0.2) is 8.42 Å². The molecule has 0 radical (unpaired) electrons. The highest BCUT2D eigenvalue weighted by molar-refractivity contribution is 7.89. The molecule has 2 aromatic rings. The van der Waals surface area contributed by atoms with Gasteiger partial charge in [-0.05, 0) is 61.1 Å². The van der Waals surface area contributed by atoms with E-state index in [-0.39, 0.29) is 10.8 Å². The summed E-state index contributed by atoms with van der Waals surface area (Å²) in [6.07, 6.45) is 1.76. The number of benzene rings is 2. The third-order valence-corrected chi connectivity index (χ3v) is 7.01. The van der Waals surface area contributed by atoms with E-state index in [9.17, 15) is 13.2 Å². The van der Waals surface area contributed by atoms with Crippen molar-refractivity contribution in [3.8, 4) is 0 Å². The first-order chi connectivity index (χ1) is 12.8. The Labute approximate surface area is 161 Å². The lowest BCUT2D eigenvalue weighted by Gasteiger charge is -2.18. The highest BCUT2D eigenvalue weighted by Gasteiger charge is 2.29. The van der Waals surface area contributed by atoms with Crippen LogP contribution in [-0.2, 0) is 10.0 Å². The number of rotatable bonds is 5. The van der Waals surface area contributed by atoms with Crippen LogP contribution in [0.4, 0.5) is 5.69 Å². The van der Waals surface area contributed by atoms with E-state index in [1.165, 1.54) is 15.9 Å². The zero-order chi connectivity index (χ0) is 19.6. The van der Waals surface area contributed by atoms with Crippen LogP contribution < -0.4 is 5.32 Å². The Kier molecular flexibility index (Phi) is 5.67. The average Bonchev–Trinajstić information content (AvgIpc) is 3.18. The van der Waals surface area contributed by atoms with Crippen molar-refractivity contribution in [2.24, 2.45) is 0 Å². The Morgan fingerprint density at radius 2 is 1.67 bits per heavy atom. The van der Waals surface area contributed by atoms with Crippen LogP contribution in [0.1, 0.15) is 54.1 Å². The summed E-state index contributed by atoms with van der Waals surface area (Å²) >= 11 is 0. The molecular weight excluding hydrogens is 360 g/mol. The molecule has 0 saturated carbocycles. The van der Waals surface area contributed by atoms with Gasteiger partial charge in [-0.3, -0.25) is 4.79 Å². The highest BCUT2D eigenvalue weighted by atomic mass is 32.2. The van der Waals surface area contributed by atoms with E-state index >= 15 is 0 Å². The Balaban J connectivity index is 1.83. The molecule has 144 valence electrons. The summed E-state index contributed by atoms with van der Waals surface area (Å²) < 4.78 is 27.3. The second kappa shape index (κ2) is 7.82. The third-order valence-electron chi connectivity index (χ3n) is 4.97. The maximum Gasteiger partial charge on any atom is 0.255 e.